The molecule has 0 radical (unpaired) electrons. The molecule has 0 bridgehead atoms. The predicted molar refractivity (Wildman–Crippen MR) is 123 cm³/mol. The van der Waals surface area contributed by atoms with Crippen LogP contribution < -0.4 is 11.1 Å². The van der Waals surface area contributed by atoms with E-state index in [9.17, 15) is 4.79 Å². The van der Waals surface area contributed by atoms with Crippen LogP contribution in [0.1, 0.15) is 30.0 Å². The SMILES string of the molecule is Cc1ccc(-c2ccc3nc(N)nn3c2)cc1NC(=O)N1OCCCC1c1ccccc1. The van der Waals surface area contributed by atoms with Crippen molar-refractivity contribution in [2.24, 2.45) is 0 Å². The number of pyridine rings is 1. The highest BCUT2D eigenvalue weighted by molar-refractivity contribution is 5.91. The number of hydroxylamine groups is 2. The monoisotopic (exact) mass is 428 g/mol. The second-order valence-corrected chi connectivity index (χ2v) is 7.88. The number of nitrogens with zero attached hydrogens (tertiary/aromatic N) is 4. The maximum Gasteiger partial charge on any atom is 0.346 e. The van der Waals surface area contributed by atoms with Crippen molar-refractivity contribution < 1.29 is 9.63 Å². The molecule has 4 aromatic rings. The minimum Gasteiger partial charge on any atom is -0.366 e. The van der Waals surface area contributed by atoms with Crippen LogP contribution in [0.2, 0.25) is 0 Å². The van der Waals surface area contributed by atoms with Gasteiger partial charge in [0.05, 0.1) is 12.6 Å². The lowest BCUT2D eigenvalue weighted by atomic mass is 10.0. The summed E-state index contributed by atoms with van der Waals surface area (Å²) in [6.45, 7) is 2.49. The standard InChI is InChI=1S/C24H24N6O2/c1-16-9-10-18(19-11-12-22-27-23(25)28-29(22)15-19)14-20(16)26-24(31)30-21(8-5-13-32-30)17-6-3-2-4-7-17/h2-4,6-7,9-12,14-15,21H,5,8,13H2,1H3,(H2,25,28)(H,26,31). The third kappa shape index (κ3) is 3.88. The molecule has 32 heavy (non-hydrogen) atoms. The first-order valence-corrected chi connectivity index (χ1v) is 10.6. The largest absolute Gasteiger partial charge is 0.366 e. The van der Waals surface area contributed by atoms with Crippen molar-refractivity contribution in [3.8, 4) is 11.1 Å². The van der Waals surface area contributed by atoms with Crippen molar-refractivity contribution in [3.05, 3.63) is 78.0 Å². The van der Waals surface area contributed by atoms with Crippen molar-refractivity contribution in [1.29, 1.82) is 0 Å². The number of nitrogens with two attached hydrogens (primary N) is 1. The third-order valence-electron chi connectivity index (χ3n) is 5.68. The molecule has 3 heterocycles. The molecule has 1 fully saturated rings. The molecule has 1 aliphatic rings. The summed E-state index contributed by atoms with van der Waals surface area (Å²) in [5.41, 5.74) is 11.0. The van der Waals surface area contributed by atoms with Crippen molar-refractivity contribution in [1.82, 2.24) is 19.7 Å². The summed E-state index contributed by atoms with van der Waals surface area (Å²) < 4.78 is 1.65. The molecule has 8 heteroatoms. The minimum atomic E-state index is -0.279. The Bertz CT molecular complexity index is 1270. The molecule has 5 rings (SSSR count). The zero-order valence-corrected chi connectivity index (χ0v) is 17.7. The van der Waals surface area contributed by atoms with Gasteiger partial charge in [0.2, 0.25) is 5.95 Å². The highest BCUT2D eigenvalue weighted by atomic mass is 16.7. The summed E-state index contributed by atoms with van der Waals surface area (Å²) in [5, 5.41) is 8.68. The number of anilines is 2. The Kier molecular flexibility index (Phi) is 5.20. The van der Waals surface area contributed by atoms with E-state index >= 15 is 0 Å². The summed E-state index contributed by atoms with van der Waals surface area (Å²) in [4.78, 5) is 23.1. The van der Waals surface area contributed by atoms with Gasteiger partial charge in [0.1, 0.15) is 0 Å². The van der Waals surface area contributed by atoms with Crippen molar-refractivity contribution >= 4 is 23.3 Å². The van der Waals surface area contributed by atoms with Crippen molar-refractivity contribution in [2.75, 3.05) is 17.7 Å². The number of aryl methyl sites for hydroxylation is 1. The number of aromatic nitrogens is 3. The summed E-state index contributed by atoms with van der Waals surface area (Å²) in [7, 11) is 0. The summed E-state index contributed by atoms with van der Waals surface area (Å²) in [6.07, 6.45) is 3.64. The van der Waals surface area contributed by atoms with Crippen LogP contribution in [0, 0.1) is 6.92 Å². The lowest BCUT2D eigenvalue weighted by molar-refractivity contribution is -0.168. The first kappa shape index (κ1) is 20.0. The molecule has 0 spiro atoms. The molecule has 2 aromatic carbocycles. The van der Waals surface area contributed by atoms with Crippen LogP contribution in [0.25, 0.3) is 16.8 Å². The maximum absolute atomic E-state index is 13.2. The van der Waals surface area contributed by atoms with Gasteiger partial charge in [-0.15, -0.1) is 5.10 Å². The minimum absolute atomic E-state index is 0.117. The van der Waals surface area contributed by atoms with E-state index in [1.165, 1.54) is 5.06 Å². The predicted octanol–water partition coefficient (Wildman–Crippen LogP) is 4.59. The van der Waals surface area contributed by atoms with Gasteiger partial charge in [-0.1, -0.05) is 42.5 Å². The van der Waals surface area contributed by atoms with Crippen LogP contribution in [0.3, 0.4) is 0 Å². The van der Waals surface area contributed by atoms with Gasteiger partial charge >= 0.3 is 6.03 Å². The van der Waals surface area contributed by atoms with Gasteiger partial charge in [0, 0.05) is 17.4 Å². The van der Waals surface area contributed by atoms with Gasteiger partial charge in [-0.2, -0.15) is 10.0 Å². The molecular formula is C24H24N6O2. The van der Waals surface area contributed by atoms with Gasteiger partial charge in [-0.3, -0.25) is 4.84 Å². The first-order valence-electron chi connectivity index (χ1n) is 10.6. The normalized spacial score (nSPS) is 16.3. The van der Waals surface area contributed by atoms with E-state index in [2.05, 4.69) is 15.4 Å². The highest BCUT2D eigenvalue weighted by Crippen LogP contribution is 2.31. The Morgan fingerprint density at radius 1 is 1.12 bits per heavy atom. The number of hydrogen-bond acceptors (Lipinski definition) is 5. The van der Waals surface area contributed by atoms with Crippen LogP contribution in [0.15, 0.2) is 66.9 Å². The van der Waals surface area contributed by atoms with Gasteiger partial charge in [0.25, 0.3) is 0 Å². The Morgan fingerprint density at radius 2 is 1.94 bits per heavy atom. The number of benzene rings is 2. The van der Waals surface area contributed by atoms with Gasteiger partial charge in [-0.05, 0) is 54.7 Å². The van der Waals surface area contributed by atoms with Crippen LogP contribution in [0.4, 0.5) is 16.4 Å². The fourth-order valence-electron chi connectivity index (χ4n) is 4.00. The average Bonchev–Trinajstić information content (AvgIpc) is 3.20. The van der Waals surface area contributed by atoms with E-state index in [-0.39, 0.29) is 18.0 Å². The summed E-state index contributed by atoms with van der Waals surface area (Å²) in [6, 6.07) is 19.4. The topological polar surface area (TPSA) is 97.8 Å². The van der Waals surface area contributed by atoms with Gasteiger partial charge < -0.3 is 11.1 Å². The Labute approximate surface area is 185 Å². The second kappa shape index (κ2) is 8.32. The molecule has 3 N–H and O–H groups in total. The highest BCUT2D eigenvalue weighted by Gasteiger charge is 2.29. The molecule has 2 amide bonds. The van der Waals surface area contributed by atoms with E-state index in [4.69, 9.17) is 10.6 Å². The smallest absolute Gasteiger partial charge is 0.346 e. The van der Waals surface area contributed by atoms with Crippen LogP contribution in [-0.4, -0.2) is 32.3 Å². The molecule has 1 aliphatic heterocycles. The fraction of sp³-hybridized carbons (Fsp3) is 0.208. The molecule has 2 aromatic heterocycles. The number of fused-ring (bicyclic) bond motifs is 1. The quantitative estimate of drug-likeness (QED) is 0.497. The number of amides is 2. The van der Waals surface area contributed by atoms with E-state index < -0.39 is 0 Å². The first-order chi connectivity index (χ1) is 15.6. The number of carbonyl (C=O) groups excluding carboxylic acids is 1. The molecule has 0 aliphatic carbocycles. The van der Waals surface area contributed by atoms with Crippen LogP contribution in [0.5, 0.6) is 0 Å². The number of nitrogen functional groups attached to an aromatic ring is 1. The maximum atomic E-state index is 13.2. The molecule has 0 saturated carbocycles. The molecular weight excluding hydrogens is 404 g/mol. The Morgan fingerprint density at radius 3 is 2.78 bits per heavy atom. The summed E-state index contributed by atoms with van der Waals surface area (Å²) >= 11 is 0. The number of hydrogen-bond donors (Lipinski definition) is 2. The van der Waals surface area contributed by atoms with Gasteiger partial charge in [-0.25, -0.2) is 9.31 Å². The van der Waals surface area contributed by atoms with Crippen molar-refractivity contribution in [3.63, 3.8) is 0 Å². The molecule has 1 saturated heterocycles. The third-order valence-corrected chi connectivity index (χ3v) is 5.68. The Balaban J connectivity index is 1.41. The second-order valence-electron chi connectivity index (χ2n) is 7.88. The van der Waals surface area contributed by atoms with Crippen LogP contribution in [-0.2, 0) is 4.84 Å². The van der Waals surface area contributed by atoms with E-state index in [1.54, 1.807) is 4.52 Å². The average molecular weight is 428 g/mol. The Hall–Kier alpha value is -3.91. The van der Waals surface area contributed by atoms with E-state index in [1.807, 2.05) is 73.8 Å². The van der Waals surface area contributed by atoms with Crippen molar-refractivity contribution in [2.45, 2.75) is 25.8 Å². The zero-order valence-electron chi connectivity index (χ0n) is 17.7. The van der Waals surface area contributed by atoms with E-state index in [0.29, 0.717) is 12.3 Å². The lowest BCUT2D eigenvalue weighted by Gasteiger charge is -2.34. The molecule has 8 nitrogen and oxygen atoms in total. The molecule has 162 valence electrons. The number of carbonyl (C=O) groups is 1. The number of urea groups is 1. The number of nitrogens with one attached hydrogen (secondary N) is 1. The molecule has 1 atom stereocenters. The van der Waals surface area contributed by atoms with Crippen LogP contribution >= 0.6 is 0 Å². The van der Waals surface area contributed by atoms with Gasteiger partial charge in [0.15, 0.2) is 5.65 Å². The summed E-state index contributed by atoms with van der Waals surface area (Å²) in [5.74, 6) is 0.230. The number of rotatable bonds is 3. The molecule has 1 unspecified atom stereocenters. The fourth-order valence-corrected chi connectivity index (χ4v) is 4.00. The van der Waals surface area contributed by atoms with E-state index in [0.717, 1.165) is 40.8 Å². The zero-order chi connectivity index (χ0) is 22.1. The lowest BCUT2D eigenvalue weighted by Crippen LogP contribution is -2.41.